The number of nitrogens with zero attached hydrogens (tertiary/aromatic N) is 1. The second-order valence-corrected chi connectivity index (χ2v) is 13.8. The number of rotatable bonds is 0. The molecule has 0 amide bonds. The second-order valence-electron chi connectivity index (χ2n) is 13.8. The van der Waals surface area contributed by atoms with Gasteiger partial charge in [0.1, 0.15) is 11.6 Å². The van der Waals surface area contributed by atoms with Gasteiger partial charge in [0.05, 0.1) is 25.3 Å². The molecule has 182 valence electrons. The summed E-state index contributed by atoms with van der Waals surface area (Å²) in [5.41, 5.74) is -0.748. The fourth-order valence-corrected chi connectivity index (χ4v) is 11.0. The number of hydrogen-bond donors (Lipinski definition) is 3. The molecule has 2 heterocycles. The first-order valence-electron chi connectivity index (χ1n) is 13.7. The highest BCUT2D eigenvalue weighted by Gasteiger charge is 2.66. The number of aliphatic hydroxyl groups is 3. The van der Waals surface area contributed by atoms with Crippen molar-refractivity contribution in [2.45, 2.75) is 102 Å². The summed E-state index contributed by atoms with van der Waals surface area (Å²) >= 11 is 0. The molecule has 5 nitrogen and oxygen atoms in total. The van der Waals surface area contributed by atoms with Crippen LogP contribution in [0.2, 0.25) is 0 Å². The first-order chi connectivity index (χ1) is 15.0. The zero-order valence-corrected chi connectivity index (χ0v) is 20.3. The summed E-state index contributed by atoms with van der Waals surface area (Å²) in [5.74, 6) is 3.50. The molecule has 6 rings (SSSR count). The van der Waals surface area contributed by atoms with Crippen molar-refractivity contribution in [3.8, 4) is 0 Å². The number of piperidine rings is 2. The van der Waals surface area contributed by atoms with Crippen molar-refractivity contribution >= 4 is 0 Å². The number of hydrogen-bond acceptors (Lipinski definition) is 4. The molecule has 0 bridgehead atoms. The number of fused-ring (bicyclic) bond motifs is 8. The molecule has 32 heavy (non-hydrogen) atoms. The summed E-state index contributed by atoms with van der Waals surface area (Å²) < 4.78 is -0.164. The third-order valence-electron chi connectivity index (χ3n) is 12.3. The molecule has 2 saturated heterocycles. The van der Waals surface area contributed by atoms with Gasteiger partial charge in [-0.05, 0) is 93.3 Å². The van der Waals surface area contributed by atoms with E-state index in [-0.39, 0.29) is 40.1 Å². The van der Waals surface area contributed by atoms with Gasteiger partial charge in [-0.15, -0.1) is 0 Å². The highest BCUT2D eigenvalue weighted by atomic mass is 16.6. The van der Waals surface area contributed by atoms with Gasteiger partial charge in [-0.25, -0.2) is 0 Å². The molecule has 0 aromatic heterocycles. The Morgan fingerprint density at radius 3 is 2.34 bits per heavy atom. The topological polar surface area (TPSA) is 83.8 Å². The summed E-state index contributed by atoms with van der Waals surface area (Å²) in [5, 5.41) is 47.5. The quantitative estimate of drug-likeness (QED) is 0.391. The van der Waals surface area contributed by atoms with E-state index < -0.39 is 5.60 Å². The normalized spacial score (nSPS) is 64.0. The smallest absolute Gasteiger partial charge is 0.118 e. The van der Waals surface area contributed by atoms with E-state index in [1.54, 1.807) is 0 Å². The van der Waals surface area contributed by atoms with Crippen molar-refractivity contribution in [2.75, 3.05) is 13.1 Å². The molecule has 0 aromatic carbocycles. The van der Waals surface area contributed by atoms with Gasteiger partial charge in [-0.3, -0.25) is 0 Å². The maximum absolute atomic E-state index is 14.2. The van der Waals surface area contributed by atoms with Crippen molar-refractivity contribution in [3.63, 3.8) is 0 Å². The number of quaternary nitrogens is 1. The van der Waals surface area contributed by atoms with Crippen LogP contribution in [0.1, 0.15) is 78.6 Å². The van der Waals surface area contributed by atoms with Crippen molar-refractivity contribution in [1.29, 1.82) is 0 Å². The molecule has 4 aliphatic carbocycles. The van der Waals surface area contributed by atoms with E-state index in [9.17, 15) is 20.5 Å². The molecule has 14 atom stereocenters. The summed E-state index contributed by atoms with van der Waals surface area (Å²) in [6.45, 7) is 7.99. The van der Waals surface area contributed by atoms with Gasteiger partial charge < -0.3 is 25.2 Å². The van der Waals surface area contributed by atoms with Crippen LogP contribution in [0.25, 0.3) is 0 Å². The fraction of sp³-hybridized carbons (Fsp3) is 1.00. The first kappa shape index (κ1) is 22.3. The van der Waals surface area contributed by atoms with Gasteiger partial charge in [0.2, 0.25) is 0 Å². The highest BCUT2D eigenvalue weighted by Crippen LogP contribution is 2.67. The Labute approximate surface area is 193 Å². The Morgan fingerprint density at radius 2 is 1.56 bits per heavy atom. The minimum Gasteiger partial charge on any atom is -0.633 e. The van der Waals surface area contributed by atoms with Crippen LogP contribution in [0.4, 0.5) is 0 Å². The lowest BCUT2D eigenvalue weighted by Gasteiger charge is -2.66. The lowest BCUT2D eigenvalue weighted by molar-refractivity contribution is -0.933. The summed E-state index contributed by atoms with van der Waals surface area (Å²) in [7, 11) is 0. The Balaban J connectivity index is 1.32. The van der Waals surface area contributed by atoms with Crippen molar-refractivity contribution in [1.82, 2.24) is 0 Å². The zero-order valence-electron chi connectivity index (χ0n) is 20.3. The van der Waals surface area contributed by atoms with E-state index in [2.05, 4.69) is 13.8 Å². The largest absolute Gasteiger partial charge is 0.633 e. The molecule has 0 aromatic rings. The lowest BCUT2D eigenvalue weighted by Crippen LogP contribution is -2.73. The predicted molar refractivity (Wildman–Crippen MR) is 123 cm³/mol. The lowest BCUT2D eigenvalue weighted by atomic mass is 9.51. The molecular formula is C27H45NO4. The Bertz CT molecular complexity index is 753. The van der Waals surface area contributed by atoms with E-state index >= 15 is 0 Å². The molecule has 3 N–H and O–H groups in total. The second kappa shape index (κ2) is 7.16. The van der Waals surface area contributed by atoms with Gasteiger partial charge >= 0.3 is 0 Å². The number of hydroxylamine groups is 3. The average molecular weight is 448 g/mol. The van der Waals surface area contributed by atoms with Crippen molar-refractivity contribution in [2.24, 2.45) is 52.8 Å². The Morgan fingerprint density at radius 1 is 0.781 bits per heavy atom. The standard InChI is InChI=1S/C27H45NO4/c1-15-4-7-25-27(3,31)21-6-5-17-18(20(21)14-28(25,32)13-15)11-22-19(17)12-24(30)23-10-16(29)8-9-26(22,23)2/h15-25,29-31H,4-14H2,1-3H3/t15-,16-,17+,18+,19-,20-,21-,22-,23+,24+,25-,26+,27-,28+/m0/s1. The molecule has 6 aliphatic rings. The fourth-order valence-electron chi connectivity index (χ4n) is 11.0. The minimum absolute atomic E-state index is 0.109. The highest BCUT2D eigenvalue weighted by molar-refractivity contribution is 5.13. The van der Waals surface area contributed by atoms with Crippen LogP contribution >= 0.6 is 0 Å². The summed E-state index contributed by atoms with van der Waals surface area (Å²) in [6, 6.07) is -0.149. The van der Waals surface area contributed by atoms with E-state index in [0.717, 1.165) is 51.4 Å². The maximum atomic E-state index is 14.2. The van der Waals surface area contributed by atoms with Crippen LogP contribution in [0, 0.1) is 58.0 Å². The van der Waals surface area contributed by atoms with E-state index in [0.29, 0.717) is 48.6 Å². The summed E-state index contributed by atoms with van der Waals surface area (Å²) in [4.78, 5) is 0. The van der Waals surface area contributed by atoms with E-state index in [4.69, 9.17) is 0 Å². The maximum Gasteiger partial charge on any atom is 0.118 e. The molecule has 6 fully saturated rings. The van der Waals surface area contributed by atoms with Crippen LogP contribution < -0.4 is 0 Å². The third kappa shape index (κ3) is 2.93. The predicted octanol–water partition coefficient (Wildman–Crippen LogP) is 3.69. The molecule has 0 unspecified atom stereocenters. The van der Waals surface area contributed by atoms with E-state index in [1.165, 1.54) is 6.42 Å². The van der Waals surface area contributed by atoms with Crippen LogP contribution in [0.15, 0.2) is 0 Å². The van der Waals surface area contributed by atoms with Crippen molar-refractivity contribution in [3.05, 3.63) is 5.21 Å². The van der Waals surface area contributed by atoms with Gasteiger partial charge in [-0.2, -0.15) is 0 Å². The Kier molecular flexibility index (Phi) is 4.99. The monoisotopic (exact) mass is 447 g/mol. The average Bonchev–Trinajstić information content (AvgIpc) is 3.08. The SMILES string of the molecule is C[C@H]1CC[C@H]2[C@@](C)(O)[C@H]3CC[C@@H]4[C@@H](C[C@H]5[C@H]4C[C@@H](O)[C@H]4C[C@@H](O)CC[C@@]45C)[C@@H]3C[N@+]2([O-])C1. The first-order valence-corrected chi connectivity index (χ1v) is 13.7. The molecule has 4 saturated carbocycles. The van der Waals surface area contributed by atoms with Crippen molar-refractivity contribution < 1.29 is 20.0 Å². The molecule has 5 heteroatoms. The van der Waals surface area contributed by atoms with Crippen LogP contribution in [-0.2, 0) is 0 Å². The third-order valence-corrected chi connectivity index (χ3v) is 12.3. The van der Waals surface area contributed by atoms with Gasteiger partial charge in [0.25, 0.3) is 0 Å². The van der Waals surface area contributed by atoms with E-state index in [1.807, 2.05) is 6.92 Å². The van der Waals surface area contributed by atoms with Crippen LogP contribution in [0.5, 0.6) is 0 Å². The zero-order chi connectivity index (χ0) is 22.6. The van der Waals surface area contributed by atoms with Gasteiger partial charge in [0.15, 0.2) is 0 Å². The molecule has 0 radical (unpaired) electrons. The van der Waals surface area contributed by atoms with Gasteiger partial charge in [-0.1, -0.05) is 13.8 Å². The minimum atomic E-state index is -0.857. The summed E-state index contributed by atoms with van der Waals surface area (Å²) in [6.07, 6.45) is 8.25. The Hall–Kier alpha value is -0.200. The van der Waals surface area contributed by atoms with Crippen LogP contribution in [-0.4, -0.2) is 56.9 Å². The van der Waals surface area contributed by atoms with Crippen LogP contribution in [0.3, 0.4) is 0 Å². The van der Waals surface area contributed by atoms with Gasteiger partial charge in [0, 0.05) is 24.2 Å². The number of aliphatic hydroxyl groups excluding tert-OH is 2. The molecule has 0 spiro atoms. The molecular weight excluding hydrogens is 402 g/mol. The molecule has 2 aliphatic heterocycles.